The number of benzene rings is 1. The van der Waals surface area contributed by atoms with Gasteiger partial charge in [0.1, 0.15) is 0 Å². The maximum Gasteiger partial charge on any atom is 0.281 e. The number of aromatic nitrogens is 1. The lowest BCUT2D eigenvalue weighted by atomic mass is 9.93. The summed E-state index contributed by atoms with van der Waals surface area (Å²) in [7, 11) is -0.244. The second kappa shape index (κ2) is 8.27. The number of hydrogen-bond donors (Lipinski definition) is 0. The summed E-state index contributed by atoms with van der Waals surface area (Å²) in [5, 5.41) is 0.759. The summed E-state index contributed by atoms with van der Waals surface area (Å²) in [6.45, 7) is 3.02. The number of hydrogen-bond acceptors (Lipinski definition) is 3. The Balaban J connectivity index is 1.84. The SMILES string of the molecule is Cc1cc(Cc2ccccc2Cl)cc([C@@H]2CCCN(S(=O)(=O)N(C)C)C2)n1. The average molecular weight is 408 g/mol. The summed E-state index contributed by atoms with van der Waals surface area (Å²) >= 11 is 6.31. The molecule has 1 aromatic heterocycles. The van der Waals surface area contributed by atoms with E-state index in [2.05, 4.69) is 12.1 Å². The first kappa shape index (κ1) is 20.3. The van der Waals surface area contributed by atoms with Crippen LogP contribution in [0.4, 0.5) is 0 Å². The molecular weight excluding hydrogens is 382 g/mol. The van der Waals surface area contributed by atoms with Gasteiger partial charge in [0.15, 0.2) is 0 Å². The van der Waals surface area contributed by atoms with E-state index in [1.807, 2.05) is 31.2 Å². The summed E-state index contributed by atoms with van der Waals surface area (Å²) < 4.78 is 27.8. The van der Waals surface area contributed by atoms with Gasteiger partial charge in [-0.2, -0.15) is 17.0 Å². The average Bonchev–Trinajstić information content (AvgIpc) is 2.63. The van der Waals surface area contributed by atoms with Crippen molar-refractivity contribution in [2.45, 2.75) is 32.1 Å². The molecule has 0 N–H and O–H groups in total. The molecule has 1 fully saturated rings. The number of nitrogens with zero attached hydrogens (tertiary/aromatic N) is 3. The van der Waals surface area contributed by atoms with E-state index in [1.54, 1.807) is 18.4 Å². The minimum Gasteiger partial charge on any atom is -0.258 e. The van der Waals surface area contributed by atoms with E-state index in [-0.39, 0.29) is 5.92 Å². The maximum absolute atomic E-state index is 12.5. The minimum absolute atomic E-state index is 0.110. The van der Waals surface area contributed by atoms with Gasteiger partial charge in [-0.25, -0.2) is 0 Å². The fraction of sp³-hybridized carbons (Fsp3) is 0.450. The van der Waals surface area contributed by atoms with Gasteiger partial charge < -0.3 is 0 Å². The molecule has 0 saturated carbocycles. The molecule has 0 spiro atoms. The van der Waals surface area contributed by atoms with Crippen LogP contribution < -0.4 is 0 Å². The van der Waals surface area contributed by atoms with Gasteiger partial charge in [0, 0.05) is 49.5 Å². The molecule has 0 amide bonds. The highest BCUT2D eigenvalue weighted by Gasteiger charge is 2.31. The molecule has 5 nitrogen and oxygen atoms in total. The first-order valence-corrected chi connectivity index (χ1v) is 10.9. The van der Waals surface area contributed by atoms with Gasteiger partial charge in [0.25, 0.3) is 10.2 Å². The first-order valence-electron chi connectivity index (χ1n) is 9.16. The molecule has 3 rings (SSSR count). The topological polar surface area (TPSA) is 53.5 Å². The van der Waals surface area contributed by atoms with Gasteiger partial charge in [-0.1, -0.05) is 29.8 Å². The fourth-order valence-corrected chi connectivity index (χ4v) is 4.96. The van der Waals surface area contributed by atoms with E-state index in [9.17, 15) is 8.42 Å². The van der Waals surface area contributed by atoms with E-state index in [0.29, 0.717) is 13.1 Å². The van der Waals surface area contributed by atoms with Crippen LogP contribution in [0.15, 0.2) is 36.4 Å². The number of piperidine rings is 1. The second-order valence-corrected chi connectivity index (χ2v) is 9.85. The quantitative estimate of drug-likeness (QED) is 0.760. The third-order valence-corrected chi connectivity index (χ3v) is 7.25. The molecule has 2 heterocycles. The monoisotopic (exact) mass is 407 g/mol. The molecule has 27 heavy (non-hydrogen) atoms. The summed E-state index contributed by atoms with van der Waals surface area (Å²) in [6, 6.07) is 12.0. The van der Waals surface area contributed by atoms with Crippen molar-refractivity contribution < 1.29 is 8.42 Å². The van der Waals surface area contributed by atoms with Crippen LogP contribution in [-0.2, 0) is 16.6 Å². The van der Waals surface area contributed by atoms with Crippen molar-refractivity contribution >= 4 is 21.8 Å². The van der Waals surface area contributed by atoms with Crippen molar-refractivity contribution in [2.75, 3.05) is 27.2 Å². The molecule has 1 aliphatic heterocycles. The predicted molar refractivity (Wildman–Crippen MR) is 109 cm³/mol. The zero-order chi connectivity index (χ0) is 19.6. The van der Waals surface area contributed by atoms with Crippen molar-refractivity contribution in [2.24, 2.45) is 0 Å². The lowest BCUT2D eigenvalue weighted by Crippen LogP contribution is -2.45. The van der Waals surface area contributed by atoms with Gasteiger partial charge >= 0.3 is 0 Å². The molecule has 146 valence electrons. The summed E-state index contributed by atoms with van der Waals surface area (Å²) in [5.41, 5.74) is 4.15. The lowest BCUT2D eigenvalue weighted by molar-refractivity contribution is 0.296. The van der Waals surface area contributed by atoms with Gasteiger partial charge in [-0.15, -0.1) is 0 Å². The zero-order valence-electron chi connectivity index (χ0n) is 16.0. The normalized spacial score (nSPS) is 18.8. The molecule has 0 aliphatic carbocycles. The molecule has 2 aromatic rings. The summed E-state index contributed by atoms with van der Waals surface area (Å²) in [5.74, 6) is 0.110. The number of pyridine rings is 1. The van der Waals surface area contributed by atoms with Crippen LogP contribution in [-0.4, -0.2) is 49.2 Å². The smallest absolute Gasteiger partial charge is 0.258 e. The summed E-state index contributed by atoms with van der Waals surface area (Å²) in [4.78, 5) is 4.71. The van der Waals surface area contributed by atoms with Crippen LogP contribution in [0.1, 0.15) is 41.3 Å². The molecule has 0 unspecified atom stereocenters. The highest BCUT2D eigenvalue weighted by molar-refractivity contribution is 7.86. The highest BCUT2D eigenvalue weighted by Crippen LogP contribution is 2.29. The fourth-order valence-electron chi connectivity index (χ4n) is 3.57. The van der Waals surface area contributed by atoms with Crippen molar-refractivity contribution in [1.82, 2.24) is 13.6 Å². The van der Waals surface area contributed by atoms with E-state index in [4.69, 9.17) is 16.6 Å². The largest absolute Gasteiger partial charge is 0.281 e. The van der Waals surface area contributed by atoms with Crippen LogP contribution >= 0.6 is 11.6 Å². The molecule has 1 atom stereocenters. The highest BCUT2D eigenvalue weighted by atomic mass is 35.5. The number of aryl methyl sites for hydroxylation is 1. The predicted octanol–water partition coefficient (Wildman–Crippen LogP) is 3.62. The number of rotatable bonds is 5. The van der Waals surface area contributed by atoms with Crippen molar-refractivity contribution in [1.29, 1.82) is 0 Å². The van der Waals surface area contributed by atoms with Crippen molar-refractivity contribution in [3.05, 3.63) is 63.9 Å². The number of halogens is 1. The molecule has 1 aliphatic rings. The van der Waals surface area contributed by atoms with E-state index in [0.717, 1.165) is 46.8 Å². The maximum atomic E-state index is 12.5. The Hall–Kier alpha value is -1.47. The Morgan fingerprint density at radius 2 is 2.00 bits per heavy atom. The van der Waals surface area contributed by atoms with E-state index >= 15 is 0 Å². The van der Waals surface area contributed by atoms with Gasteiger partial charge in [0.05, 0.1) is 0 Å². The molecule has 7 heteroatoms. The third kappa shape index (κ3) is 4.69. The molecular formula is C20H26ClN3O2S. The van der Waals surface area contributed by atoms with E-state index < -0.39 is 10.2 Å². The minimum atomic E-state index is -3.39. The van der Waals surface area contributed by atoms with Crippen molar-refractivity contribution in [3.8, 4) is 0 Å². The second-order valence-electron chi connectivity index (χ2n) is 7.30. The Morgan fingerprint density at radius 3 is 2.70 bits per heavy atom. The Bertz CT molecular complexity index is 915. The van der Waals surface area contributed by atoms with Crippen LogP contribution in [0.5, 0.6) is 0 Å². The Morgan fingerprint density at radius 1 is 1.26 bits per heavy atom. The molecule has 0 radical (unpaired) electrons. The van der Waals surface area contributed by atoms with Gasteiger partial charge in [-0.05, 0) is 55.5 Å². The summed E-state index contributed by atoms with van der Waals surface area (Å²) in [6.07, 6.45) is 2.52. The lowest BCUT2D eigenvalue weighted by Gasteiger charge is -2.33. The van der Waals surface area contributed by atoms with Gasteiger partial charge in [-0.3, -0.25) is 4.98 Å². The first-order chi connectivity index (χ1) is 12.8. The Kier molecular flexibility index (Phi) is 6.21. The Labute approximate surface area is 167 Å². The van der Waals surface area contributed by atoms with Crippen LogP contribution in [0, 0.1) is 6.92 Å². The molecule has 1 saturated heterocycles. The van der Waals surface area contributed by atoms with Crippen LogP contribution in [0.2, 0.25) is 5.02 Å². The molecule has 0 bridgehead atoms. The third-order valence-electron chi connectivity index (χ3n) is 4.98. The standard InChI is InChI=1S/C20H26ClN3O2S/c1-15-11-16(12-17-7-4-5-9-19(17)21)13-20(22-15)18-8-6-10-24(14-18)27(25,26)23(2)3/h4-5,7,9,11,13,18H,6,8,10,12,14H2,1-3H3/t18-/m1/s1. The zero-order valence-corrected chi connectivity index (χ0v) is 17.6. The van der Waals surface area contributed by atoms with Gasteiger partial charge in [0.2, 0.25) is 0 Å². The van der Waals surface area contributed by atoms with Crippen LogP contribution in [0.25, 0.3) is 0 Å². The molecule has 1 aromatic carbocycles. The van der Waals surface area contributed by atoms with Crippen molar-refractivity contribution in [3.63, 3.8) is 0 Å². The van der Waals surface area contributed by atoms with Crippen LogP contribution in [0.3, 0.4) is 0 Å². The van der Waals surface area contributed by atoms with E-state index in [1.165, 1.54) is 4.31 Å².